The van der Waals surface area contributed by atoms with Gasteiger partial charge in [0, 0.05) is 16.7 Å². The van der Waals surface area contributed by atoms with Crippen molar-refractivity contribution < 1.29 is 4.39 Å². The lowest BCUT2D eigenvalue weighted by atomic mass is 10.1. The third-order valence-electron chi connectivity index (χ3n) is 2.94. The fraction of sp³-hybridized carbons (Fsp3) is 0. The second-order valence-corrected chi connectivity index (χ2v) is 4.76. The van der Waals surface area contributed by atoms with Crippen molar-refractivity contribution in [3.05, 3.63) is 65.4 Å². The van der Waals surface area contributed by atoms with Crippen LogP contribution in [0.15, 0.2) is 54.6 Å². The molecule has 0 amide bonds. The number of rotatable bonds is 2. The molecule has 0 atom stereocenters. The monoisotopic (exact) mass is 287 g/mol. The van der Waals surface area contributed by atoms with Crippen LogP contribution < -0.4 is 5.73 Å². The number of benzene rings is 2. The SMILES string of the molecule is Nc1cc(-c2ccc(Cl)cc2F)nn1-c1ccccc1. The van der Waals surface area contributed by atoms with E-state index < -0.39 is 5.82 Å². The number of aromatic nitrogens is 2. The first-order chi connectivity index (χ1) is 9.65. The van der Waals surface area contributed by atoms with Gasteiger partial charge in [-0.05, 0) is 30.3 Å². The zero-order valence-corrected chi connectivity index (χ0v) is 11.2. The molecular weight excluding hydrogens is 277 g/mol. The van der Waals surface area contributed by atoms with Crippen molar-refractivity contribution in [3.63, 3.8) is 0 Å². The van der Waals surface area contributed by atoms with Crippen molar-refractivity contribution in [1.29, 1.82) is 0 Å². The molecule has 3 aromatic rings. The molecular formula is C15H11ClFN3. The van der Waals surface area contributed by atoms with Gasteiger partial charge < -0.3 is 5.73 Å². The second kappa shape index (κ2) is 4.98. The van der Waals surface area contributed by atoms with Crippen LogP contribution >= 0.6 is 11.6 Å². The van der Waals surface area contributed by atoms with Crippen LogP contribution in [0.3, 0.4) is 0 Å². The van der Waals surface area contributed by atoms with E-state index in [2.05, 4.69) is 5.10 Å². The van der Waals surface area contributed by atoms with Crippen LogP contribution in [0.2, 0.25) is 5.02 Å². The minimum absolute atomic E-state index is 0.349. The number of nitrogens with two attached hydrogens (primary N) is 1. The molecule has 1 heterocycles. The van der Waals surface area contributed by atoms with Gasteiger partial charge in [0.2, 0.25) is 0 Å². The molecule has 0 aliphatic carbocycles. The molecule has 0 radical (unpaired) electrons. The van der Waals surface area contributed by atoms with Crippen LogP contribution in [-0.2, 0) is 0 Å². The van der Waals surface area contributed by atoms with Crippen LogP contribution in [0.1, 0.15) is 0 Å². The number of nitrogens with zero attached hydrogens (tertiary/aromatic N) is 2. The van der Waals surface area contributed by atoms with Gasteiger partial charge >= 0.3 is 0 Å². The molecule has 0 aliphatic heterocycles. The molecule has 0 unspecified atom stereocenters. The molecule has 2 aromatic carbocycles. The number of para-hydroxylation sites is 1. The zero-order valence-electron chi connectivity index (χ0n) is 10.4. The van der Waals surface area contributed by atoms with Gasteiger partial charge in [-0.15, -0.1) is 0 Å². The molecule has 20 heavy (non-hydrogen) atoms. The van der Waals surface area contributed by atoms with Crippen molar-refractivity contribution in [2.75, 3.05) is 5.73 Å². The van der Waals surface area contributed by atoms with Gasteiger partial charge in [-0.3, -0.25) is 0 Å². The molecule has 3 rings (SSSR count). The van der Waals surface area contributed by atoms with Crippen molar-refractivity contribution >= 4 is 17.4 Å². The standard InChI is InChI=1S/C15H11ClFN3/c16-10-6-7-12(13(17)8-10)14-9-15(18)20(19-14)11-4-2-1-3-5-11/h1-9H,18H2. The number of halogens is 2. The Morgan fingerprint density at radius 2 is 1.80 bits per heavy atom. The van der Waals surface area contributed by atoms with Crippen LogP contribution in [0.4, 0.5) is 10.2 Å². The van der Waals surface area contributed by atoms with Crippen molar-refractivity contribution in [1.82, 2.24) is 9.78 Å². The van der Waals surface area contributed by atoms with Crippen LogP contribution in [0.25, 0.3) is 16.9 Å². The second-order valence-electron chi connectivity index (χ2n) is 4.33. The number of nitrogen functional groups attached to an aromatic ring is 1. The van der Waals surface area contributed by atoms with Crippen molar-refractivity contribution in [2.24, 2.45) is 0 Å². The highest BCUT2D eigenvalue weighted by atomic mass is 35.5. The molecule has 5 heteroatoms. The lowest BCUT2D eigenvalue weighted by molar-refractivity contribution is 0.630. The summed E-state index contributed by atoms with van der Waals surface area (Å²) in [4.78, 5) is 0. The first kappa shape index (κ1) is 12.7. The molecule has 0 bridgehead atoms. The van der Waals surface area contributed by atoms with E-state index in [1.165, 1.54) is 6.07 Å². The molecule has 0 aliphatic rings. The first-order valence-electron chi connectivity index (χ1n) is 6.01. The van der Waals surface area contributed by atoms with E-state index in [-0.39, 0.29) is 0 Å². The largest absolute Gasteiger partial charge is 0.384 e. The molecule has 0 saturated heterocycles. The Morgan fingerprint density at radius 1 is 1.05 bits per heavy atom. The van der Waals surface area contributed by atoms with Gasteiger partial charge in [0.05, 0.1) is 11.4 Å². The van der Waals surface area contributed by atoms with Gasteiger partial charge in [0.1, 0.15) is 11.6 Å². The van der Waals surface area contributed by atoms with E-state index in [0.29, 0.717) is 22.1 Å². The lowest BCUT2D eigenvalue weighted by Crippen LogP contribution is -2.01. The Hall–Kier alpha value is -2.33. The van der Waals surface area contributed by atoms with Crippen molar-refractivity contribution in [3.8, 4) is 16.9 Å². The Labute approximate surface area is 120 Å². The lowest BCUT2D eigenvalue weighted by Gasteiger charge is -2.03. The van der Waals surface area contributed by atoms with E-state index in [4.69, 9.17) is 17.3 Å². The summed E-state index contributed by atoms with van der Waals surface area (Å²) in [5.74, 6) is 0.0239. The molecule has 2 N–H and O–H groups in total. The summed E-state index contributed by atoms with van der Waals surface area (Å²) in [7, 11) is 0. The quantitative estimate of drug-likeness (QED) is 0.776. The summed E-state index contributed by atoms with van der Waals surface area (Å²) in [5.41, 5.74) is 7.61. The fourth-order valence-electron chi connectivity index (χ4n) is 2.00. The molecule has 0 spiro atoms. The van der Waals surface area contributed by atoms with Gasteiger partial charge in [-0.2, -0.15) is 5.10 Å². The van der Waals surface area contributed by atoms with E-state index in [1.54, 1.807) is 22.9 Å². The van der Waals surface area contributed by atoms with E-state index >= 15 is 0 Å². The van der Waals surface area contributed by atoms with Gasteiger partial charge in [0.25, 0.3) is 0 Å². The van der Waals surface area contributed by atoms with Gasteiger partial charge in [-0.1, -0.05) is 29.8 Å². The normalized spacial score (nSPS) is 10.7. The molecule has 3 nitrogen and oxygen atoms in total. The summed E-state index contributed by atoms with van der Waals surface area (Å²) in [6, 6.07) is 15.6. The summed E-state index contributed by atoms with van der Waals surface area (Å²) in [6.45, 7) is 0. The number of hydrogen-bond acceptors (Lipinski definition) is 2. The number of anilines is 1. The van der Waals surface area contributed by atoms with Crippen LogP contribution in [0, 0.1) is 5.82 Å². The predicted molar refractivity (Wildman–Crippen MR) is 78.4 cm³/mol. The summed E-state index contributed by atoms with van der Waals surface area (Å²) in [5, 5.41) is 4.70. The van der Waals surface area contributed by atoms with E-state index in [9.17, 15) is 4.39 Å². The Balaban J connectivity index is 2.09. The van der Waals surface area contributed by atoms with E-state index in [0.717, 1.165) is 5.69 Å². The maximum absolute atomic E-state index is 13.9. The summed E-state index contributed by atoms with van der Waals surface area (Å²) < 4.78 is 15.5. The molecule has 0 saturated carbocycles. The summed E-state index contributed by atoms with van der Waals surface area (Å²) >= 11 is 5.75. The first-order valence-corrected chi connectivity index (χ1v) is 6.39. The van der Waals surface area contributed by atoms with Gasteiger partial charge in [-0.25, -0.2) is 9.07 Å². The van der Waals surface area contributed by atoms with Gasteiger partial charge in [0.15, 0.2) is 0 Å². The number of hydrogen-bond donors (Lipinski definition) is 1. The Morgan fingerprint density at radius 3 is 2.50 bits per heavy atom. The average molecular weight is 288 g/mol. The predicted octanol–water partition coefficient (Wildman–Crippen LogP) is 3.91. The third-order valence-corrected chi connectivity index (χ3v) is 3.18. The smallest absolute Gasteiger partial charge is 0.134 e. The highest BCUT2D eigenvalue weighted by Crippen LogP contribution is 2.27. The molecule has 1 aromatic heterocycles. The van der Waals surface area contributed by atoms with E-state index in [1.807, 2.05) is 30.3 Å². The Kier molecular flexibility index (Phi) is 3.16. The maximum atomic E-state index is 13.9. The maximum Gasteiger partial charge on any atom is 0.134 e. The van der Waals surface area contributed by atoms with Crippen molar-refractivity contribution in [2.45, 2.75) is 0 Å². The molecule has 0 fully saturated rings. The average Bonchev–Trinajstić information content (AvgIpc) is 2.81. The molecule has 100 valence electrons. The Bertz CT molecular complexity index is 753. The highest BCUT2D eigenvalue weighted by Gasteiger charge is 2.12. The minimum Gasteiger partial charge on any atom is -0.384 e. The van der Waals surface area contributed by atoms with Crippen LogP contribution in [0.5, 0.6) is 0 Å². The highest BCUT2D eigenvalue weighted by molar-refractivity contribution is 6.30. The minimum atomic E-state index is -0.421. The summed E-state index contributed by atoms with van der Waals surface area (Å²) in [6.07, 6.45) is 0. The topological polar surface area (TPSA) is 43.8 Å². The third kappa shape index (κ3) is 2.26. The van der Waals surface area contributed by atoms with Crippen LogP contribution in [-0.4, -0.2) is 9.78 Å². The zero-order chi connectivity index (χ0) is 14.1. The fourth-order valence-corrected chi connectivity index (χ4v) is 2.16.